The van der Waals surface area contributed by atoms with Gasteiger partial charge in [-0.15, -0.1) is 11.3 Å². The number of thiophene rings is 1. The van der Waals surface area contributed by atoms with Crippen molar-refractivity contribution in [1.29, 1.82) is 0 Å². The molecule has 112 valence electrons. The van der Waals surface area contributed by atoms with Crippen molar-refractivity contribution in [2.75, 3.05) is 26.9 Å². The van der Waals surface area contributed by atoms with Crippen LogP contribution in [0, 0.1) is 0 Å². The smallest absolute Gasteiger partial charge is 0.247 e. The van der Waals surface area contributed by atoms with Crippen molar-refractivity contribution in [2.24, 2.45) is 5.14 Å². The van der Waals surface area contributed by atoms with Crippen molar-refractivity contribution in [1.82, 2.24) is 0 Å². The van der Waals surface area contributed by atoms with Crippen LogP contribution < -0.4 is 5.14 Å². The van der Waals surface area contributed by atoms with Crippen LogP contribution in [0.4, 0.5) is 0 Å². The van der Waals surface area contributed by atoms with Crippen molar-refractivity contribution in [2.45, 2.75) is 8.42 Å². The number of primary sulfonamides is 1. The van der Waals surface area contributed by atoms with Gasteiger partial charge in [-0.3, -0.25) is 0 Å². The molecule has 0 saturated heterocycles. The molecule has 1 aromatic heterocycles. The minimum absolute atomic E-state index is 0.00753. The first kappa shape index (κ1) is 15.6. The molecule has 0 amide bonds. The van der Waals surface area contributed by atoms with E-state index in [2.05, 4.69) is 0 Å². The van der Waals surface area contributed by atoms with E-state index in [0.717, 1.165) is 0 Å². The van der Waals surface area contributed by atoms with Crippen LogP contribution in [0.2, 0.25) is 0 Å². The molecule has 0 radical (unpaired) electrons. The van der Waals surface area contributed by atoms with Crippen LogP contribution in [-0.2, 0) is 29.3 Å². The van der Waals surface area contributed by atoms with Crippen molar-refractivity contribution < 1.29 is 26.3 Å². The van der Waals surface area contributed by atoms with Gasteiger partial charge in [-0.2, -0.15) is 0 Å². The summed E-state index contributed by atoms with van der Waals surface area (Å²) in [7, 11) is -6.06. The molecule has 10 heteroatoms. The zero-order valence-electron chi connectivity index (χ0n) is 10.5. The summed E-state index contributed by atoms with van der Waals surface area (Å²) in [5, 5.41) is 4.98. The average Bonchev–Trinajstić information content (AvgIpc) is 2.85. The molecule has 2 N–H and O–H groups in total. The maximum absolute atomic E-state index is 12.2. The van der Waals surface area contributed by atoms with Gasteiger partial charge in [0.1, 0.15) is 8.42 Å². The third-order valence-corrected chi connectivity index (χ3v) is 7.49. The van der Waals surface area contributed by atoms with Gasteiger partial charge in [0.25, 0.3) is 0 Å². The van der Waals surface area contributed by atoms with Crippen LogP contribution in [0.1, 0.15) is 5.56 Å². The number of rotatable bonds is 6. The van der Waals surface area contributed by atoms with E-state index in [4.69, 9.17) is 14.6 Å². The lowest BCUT2D eigenvalue weighted by Crippen LogP contribution is -2.11. The fraction of sp³-hybridized carbons (Fsp3) is 0.400. The predicted octanol–water partition coefficient (Wildman–Crippen LogP) is 0.187. The van der Waals surface area contributed by atoms with Crippen molar-refractivity contribution in [3.63, 3.8) is 0 Å². The van der Waals surface area contributed by atoms with Crippen LogP contribution >= 0.6 is 11.3 Å². The molecule has 1 aliphatic rings. The van der Waals surface area contributed by atoms with Crippen LogP contribution in [0.25, 0.3) is 6.08 Å². The van der Waals surface area contributed by atoms with Crippen LogP contribution in [-0.4, -0.2) is 43.8 Å². The van der Waals surface area contributed by atoms with Gasteiger partial charge < -0.3 is 9.47 Å². The topological polar surface area (TPSA) is 113 Å². The normalized spacial score (nSPS) is 17.0. The fourth-order valence-electron chi connectivity index (χ4n) is 1.62. The van der Waals surface area contributed by atoms with Gasteiger partial charge in [-0.25, -0.2) is 22.0 Å². The molecule has 2 rings (SSSR count). The van der Waals surface area contributed by atoms with E-state index in [1.54, 1.807) is 0 Å². The molecule has 0 spiro atoms. The molecule has 1 aliphatic heterocycles. The average molecular weight is 339 g/mol. The molecular weight excluding hydrogens is 326 g/mol. The summed E-state index contributed by atoms with van der Waals surface area (Å²) in [6, 6.07) is 1.26. The zero-order chi connectivity index (χ0) is 15.0. The number of fused-ring (bicyclic) bond motifs is 1. The third kappa shape index (κ3) is 2.95. The maximum Gasteiger partial charge on any atom is 0.247 e. The van der Waals surface area contributed by atoms with E-state index in [9.17, 15) is 16.8 Å². The number of hydrogen-bond acceptors (Lipinski definition) is 7. The molecule has 0 bridgehead atoms. The van der Waals surface area contributed by atoms with Gasteiger partial charge in [0, 0.05) is 12.7 Å². The predicted molar refractivity (Wildman–Crippen MR) is 73.6 cm³/mol. The van der Waals surface area contributed by atoms with Crippen molar-refractivity contribution >= 4 is 37.3 Å². The Morgan fingerprint density at radius 1 is 1.35 bits per heavy atom. The van der Waals surface area contributed by atoms with Crippen LogP contribution in [0.3, 0.4) is 0 Å². The molecular formula is C10H13NO6S3. The number of hydrogen-bond donors (Lipinski definition) is 1. The lowest BCUT2D eigenvalue weighted by Gasteiger charge is -2.04. The number of nitrogens with two attached hydrogens (primary N) is 1. The highest BCUT2D eigenvalue weighted by Crippen LogP contribution is 2.40. The first-order chi connectivity index (χ1) is 9.26. The zero-order valence-corrected chi connectivity index (χ0v) is 13.0. The standard InChI is InChI=1S/C10H13NO6S3/c1-16-2-3-17-6-8-4-7-5-9(20(11,14)15)18-10(7)19(8,12)13/h4-5H,2-3,6H2,1H3,(H2,11,14,15). The maximum atomic E-state index is 12.2. The van der Waals surface area contributed by atoms with Gasteiger partial charge in [-0.05, 0) is 12.1 Å². The van der Waals surface area contributed by atoms with E-state index in [0.29, 0.717) is 23.5 Å². The summed E-state index contributed by atoms with van der Waals surface area (Å²) in [5.74, 6) is 0. The summed E-state index contributed by atoms with van der Waals surface area (Å²) in [6.45, 7) is 0.571. The van der Waals surface area contributed by atoms with E-state index >= 15 is 0 Å². The fourth-order valence-corrected chi connectivity index (χ4v) is 5.61. The quantitative estimate of drug-likeness (QED) is 0.740. The van der Waals surface area contributed by atoms with Gasteiger partial charge >= 0.3 is 0 Å². The SMILES string of the molecule is COCCOCC1=Cc2cc(S(N)(=O)=O)sc2S1(=O)=O. The Morgan fingerprint density at radius 3 is 2.60 bits per heavy atom. The highest BCUT2D eigenvalue weighted by molar-refractivity contribution is 7.98. The second kappa shape index (κ2) is 5.54. The Kier molecular flexibility index (Phi) is 4.33. The molecule has 0 atom stereocenters. The Hall–Kier alpha value is -0.780. The molecule has 0 aromatic carbocycles. The van der Waals surface area contributed by atoms with E-state index in [1.165, 1.54) is 19.3 Å². The molecule has 0 saturated carbocycles. The summed E-state index contributed by atoms with van der Waals surface area (Å²) < 4.78 is 56.6. The minimum atomic E-state index is -3.90. The Morgan fingerprint density at radius 2 is 2.05 bits per heavy atom. The van der Waals surface area contributed by atoms with Crippen LogP contribution in [0.15, 0.2) is 19.4 Å². The summed E-state index contributed by atoms with van der Waals surface area (Å²) in [6.07, 6.45) is 1.41. The van der Waals surface area contributed by atoms with E-state index in [1.807, 2.05) is 0 Å². The second-order valence-corrected chi connectivity index (χ2v) is 9.05. The van der Waals surface area contributed by atoms with Crippen molar-refractivity contribution in [3.8, 4) is 0 Å². The summed E-state index contributed by atoms with van der Waals surface area (Å²) >= 11 is 0.650. The summed E-state index contributed by atoms with van der Waals surface area (Å²) in [4.78, 5) is 0.107. The molecule has 0 fully saturated rings. The highest BCUT2D eigenvalue weighted by atomic mass is 32.3. The number of sulfone groups is 1. The molecule has 0 aliphatic carbocycles. The molecule has 0 unspecified atom stereocenters. The molecule has 2 heterocycles. The van der Waals surface area contributed by atoms with E-state index in [-0.39, 0.29) is 26.5 Å². The Labute approximate surface area is 121 Å². The molecule has 20 heavy (non-hydrogen) atoms. The third-order valence-electron chi connectivity index (χ3n) is 2.56. The first-order valence-corrected chi connectivity index (χ1v) is 9.30. The van der Waals surface area contributed by atoms with Crippen molar-refractivity contribution in [3.05, 3.63) is 16.5 Å². The number of sulfonamides is 1. The van der Waals surface area contributed by atoms with Crippen LogP contribution in [0.5, 0.6) is 0 Å². The second-order valence-electron chi connectivity index (χ2n) is 4.01. The highest BCUT2D eigenvalue weighted by Gasteiger charge is 2.33. The van der Waals surface area contributed by atoms with Gasteiger partial charge in [0.05, 0.1) is 24.7 Å². The minimum Gasteiger partial charge on any atom is -0.382 e. The Bertz CT molecular complexity index is 744. The molecule has 1 aromatic rings. The monoisotopic (exact) mass is 339 g/mol. The van der Waals surface area contributed by atoms with Gasteiger partial charge in [-0.1, -0.05) is 0 Å². The van der Waals surface area contributed by atoms with E-state index < -0.39 is 19.9 Å². The van der Waals surface area contributed by atoms with Gasteiger partial charge in [0.2, 0.25) is 19.9 Å². The summed E-state index contributed by atoms with van der Waals surface area (Å²) in [5.41, 5.74) is 0.337. The largest absolute Gasteiger partial charge is 0.382 e. The molecule has 7 nitrogen and oxygen atoms in total. The number of methoxy groups -OCH3 is 1. The first-order valence-electron chi connectivity index (χ1n) is 5.46. The lowest BCUT2D eigenvalue weighted by molar-refractivity contribution is 0.0844. The number of ether oxygens (including phenoxy) is 2. The Balaban J connectivity index is 2.24. The van der Waals surface area contributed by atoms with Gasteiger partial charge in [0.15, 0.2) is 0 Å². The lowest BCUT2D eigenvalue weighted by atomic mass is 10.3.